The van der Waals surface area contributed by atoms with Gasteiger partial charge in [0, 0.05) is 4.88 Å². The summed E-state index contributed by atoms with van der Waals surface area (Å²) in [5.74, 6) is -0.0642. The number of hydrogen-bond acceptors (Lipinski definition) is 5. The fourth-order valence-electron chi connectivity index (χ4n) is 2.05. The van der Waals surface area contributed by atoms with Crippen LogP contribution in [0.5, 0.6) is 0 Å². The number of nitrogens with zero attached hydrogens (tertiary/aromatic N) is 3. The number of aryl methyl sites for hydroxylation is 1. The van der Waals surface area contributed by atoms with Crippen molar-refractivity contribution >= 4 is 28.9 Å². The Morgan fingerprint density at radius 2 is 2.13 bits per heavy atom. The molecule has 0 fully saturated rings. The minimum Gasteiger partial charge on any atom is -0.292 e. The van der Waals surface area contributed by atoms with E-state index < -0.39 is 0 Å². The van der Waals surface area contributed by atoms with Gasteiger partial charge < -0.3 is 0 Å². The first-order valence-electron chi connectivity index (χ1n) is 7.08. The lowest BCUT2D eigenvalue weighted by atomic mass is 10.3. The maximum absolute atomic E-state index is 13.9. The third kappa shape index (κ3) is 3.51. The molecule has 0 aliphatic rings. The van der Waals surface area contributed by atoms with E-state index in [9.17, 15) is 9.18 Å². The maximum Gasteiger partial charge on any atom is 0.196 e. The Balaban J connectivity index is 1.73. The maximum atomic E-state index is 13.9. The first kappa shape index (κ1) is 15.9. The lowest BCUT2D eigenvalue weighted by Crippen LogP contribution is -2.03. The van der Waals surface area contributed by atoms with Gasteiger partial charge in [-0.25, -0.2) is 4.39 Å². The van der Waals surface area contributed by atoms with Crippen molar-refractivity contribution < 1.29 is 9.18 Å². The van der Waals surface area contributed by atoms with E-state index in [2.05, 4.69) is 17.1 Å². The van der Waals surface area contributed by atoms with Crippen LogP contribution >= 0.6 is 23.1 Å². The van der Waals surface area contributed by atoms with Gasteiger partial charge in [0.1, 0.15) is 12.1 Å². The number of thiophene rings is 1. The van der Waals surface area contributed by atoms with Gasteiger partial charge >= 0.3 is 0 Å². The molecule has 7 heteroatoms. The summed E-state index contributed by atoms with van der Waals surface area (Å²) < 4.78 is 15.4. The van der Waals surface area contributed by atoms with E-state index in [4.69, 9.17) is 0 Å². The molecule has 0 amide bonds. The molecular weight excluding hydrogens is 333 g/mol. The van der Waals surface area contributed by atoms with Gasteiger partial charge in [0.15, 0.2) is 10.9 Å². The van der Waals surface area contributed by atoms with Crippen molar-refractivity contribution in [2.24, 2.45) is 0 Å². The predicted octanol–water partition coefficient (Wildman–Crippen LogP) is 4.01. The quantitative estimate of drug-likeness (QED) is 0.499. The molecule has 0 unspecified atom stereocenters. The molecule has 0 saturated heterocycles. The third-order valence-corrected chi connectivity index (χ3v) is 5.46. The summed E-state index contributed by atoms with van der Waals surface area (Å²) in [6, 6.07) is 10.2. The Hall–Kier alpha value is -1.99. The van der Waals surface area contributed by atoms with E-state index in [1.54, 1.807) is 22.8 Å². The summed E-state index contributed by atoms with van der Waals surface area (Å²) in [6.45, 7) is 2.06. The van der Waals surface area contributed by atoms with Crippen molar-refractivity contribution in [1.29, 1.82) is 0 Å². The summed E-state index contributed by atoms with van der Waals surface area (Å²) in [7, 11) is 0. The van der Waals surface area contributed by atoms with Crippen LogP contribution in [0.15, 0.2) is 47.9 Å². The standard InChI is InChI=1S/C16H14FN3OS2/c1-2-11-7-8-15(23-11)14(21)9-22-16-19-18-10-20(16)13-6-4-3-5-12(13)17/h3-8,10H,2,9H2,1H3. The lowest BCUT2D eigenvalue weighted by molar-refractivity contribution is 0.102. The van der Waals surface area contributed by atoms with E-state index in [1.165, 1.54) is 40.4 Å². The number of benzene rings is 1. The predicted molar refractivity (Wildman–Crippen MR) is 90.1 cm³/mol. The normalized spacial score (nSPS) is 10.9. The van der Waals surface area contributed by atoms with Gasteiger partial charge in [0.2, 0.25) is 0 Å². The van der Waals surface area contributed by atoms with Crippen molar-refractivity contribution in [1.82, 2.24) is 14.8 Å². The van der Waals surface area contributed by atoms with Crippen LogP contribution < -0.4 is 0 Å². The molecule has 0 atom stereocenters. The highest BCUT2D eigenvalue weighted by Crippen LogP contribution is 2.24. The zero-order valence-corrected chi connectivity index (χ0v) is 14.0. The summed E-state index contributed by atoms with van der Waals surface area (Å²) in [5, 5.41) is 8.30. The van der Waals surface area contributed by atoms with E-state index in [0.717, 1.165) is 11.3 Å². The second-order valence-corrected chi connectivity index (χ2v) is 6.88. The SMILES string of the molecule is CCc1ccc(C(=O)CSc2nncn2-c2ccccc2F)s1. The average Bonchev–Trinajstić information content (AvgIpc) is 3.22. The number of Topliss-reactive ketones (excluding diaryl/α,β-unsaturated/α-hetero) is 1. The van der Waals surface area contributed by atoms with Crippen LogP contribution in [0.3, 0.4) is 0 Å². The van der Waals surface area contributed by atoms with Crippen LogP contribution in [-0.4, -0.2) is 26.3 Å². The van der Waals surface area contributed by atoms with Crippen molar-refractivity contribution in [2.75, 3.05) is 5.75 Å². The van der Waals surface area contributed by atoms with Gasteiger partial charge in [-0.1, -0.05) is 30.8 Å². The number of hydrogen-bond donors (Lipinski definition) is 0. The summed E-state index contributed by atoms with van der Waals surface area (Å²) in [5.41, 5.74) is 0.372. The topological polar surface area (TPSA) is 47.8 Å². The van der Waals surface area contributed by atoms with Crippen LogP contribution in [0.25, 0.3) is 5.69 Å². The van der Waals surface area contributed by atoms with Crippen LogP contribution in [0.2, 0.25) is 0 Å². The fraction of sp³-hybridized carbons (Fsp3) is 0.188. The molecule has 4 nitrogen and oxygen atoms in total. The number of aromatic nitrogens is 3. The van der Waals surface area contributed by atoms with E-state index >= 15 is 0 Å². The van der Waals surface area contributed by atoms with Gasteiger partial charge in [0.05, 0.1) is 16.3 Å². The number of carbonyl (C=O) groups is 1. The molecule has 3 aromatic rings. The van der Waals surface area contributed by atoms with Crippen molar-refractivity contribution in [3.8, 4) is 5.69 Å². The number of rotatable bonds is 6. The molecule has 3 rings (SSSR count). The Morgan fingerprint density at radius 3 is 2.87 bits per heavy atom. The Bertz CT molecular complexity index is 828. The fourth-order valence-corrected chi connectivity index (χ4v) is 3.84. The lowest BCUT2D eigenvalue weighted by Gasteiger charge is -2.06. The molecule has 1 aromatic carbocycles. The van der Waals surface area contributed by atoms with E-state index in [1.807, 2.05) is 12.1 Å². The zero-order valence-electron chi connectivity index (χ0n) is 12.4. The van der Waals surface area contributed by atoms with E-state index in [-0.39, 0.29) is 17.4 Å². The van der Waals surface area contributed by atoms with Crippen molar-refractivity contribution in [3.05, 3.63) is 58.3 Å². The van der Waals surface area contributed by atoms with Crippen molar-refractivity contribution in [2.45, 2.75) is 18.5 Å². The Labute approximate surface area is 141 Å². The second kappa shape index (κ2) is 7.06. The third-order valence-electron chi connectivity index (χ3n) is 3.25. The minimum absolute atomic E-state index is 0.0442. The second-order valence-electron chi connectivity index (χ2n) is 4.77. The molecule has 2 aromatic heterocycles. The molecule has 0 N–H and O–H groups in total. The monoisotopic (exact) mass is 347 g/mol. The first-order valence-corrected chi connectivity index (χ1v) is 8.89. The Morgan fingerprint density at radius 1 is 1.30 bits per heavy atom. The van der Waals surface area contributed by atoms with Gasteiger partial charge in [0.25, 0.3) is 0 Å². The highest BCUT2D eigenvalue weighted by molar-refractivity contribution is 7.99. The highest BCUT2D eigenvalue weighted by Gasteiger charge is 2.14. The molecule has 0 radical (unpaired) electrons. The van der Waals surface area contributed by atoms with Gasteiger partial charge in [-0.15, -0.1) is 21.5 Å². The minimum atomic E-state index is -0.355. The smallest absolute Gasteiger partial charge is 0.196 e. The van der Waals surface area contributed by atoms with Crippen LogP contribution in [0, 0.1) is 5.82 Å². The van der Waals surface area contributed by atoms with Gasteiger partial charge in [-0.05, 0) is 30.7 Å². The first-order chi connectivity index (χ1) is 11.2. The average molecular weight is 347 g/mol. The number of ketones is 1. The molecule has 23 heavy (non-hydrogen) atoms. The van der Waals surface area contributed by atoms with E-state index in [0.29, 0.717) is 10.8 Å². The Kier molecular flexibility index (Phi) is 4.88. The summed E-state index contributed by atoms with van der Waals surface area (Å²) in [4.78, 5) is 14.2. The van der Waals surface area contributed by atoms with Crippen LogP contribution in [0.1, 0.15) is 21.5 Å². The van der Waals surface area contributed by atoms with Gasteiger partial charge in [-0.3, -0.25) is 9.36 Å². The molecule has 0 bridgehead atoms. The summed E-state index contributed by atoms with van der Waals surface area (Å²) >= 11 is 2.77. The number of para-hydroxylation sites is 1. The van der Waals surface area contributed by atoms with Crippen molar-refractivity contribution in [3.63, 3.8) is 0 Å². The van der Waals surface area contributed by atoms with Crippen LogP contribution in [0.4, 0.5) is 4.39 Å². The molecule has 0 aliphatic carbocycles. The number of carbonyl (C=O) groups excluding carboxylic acids is 1. The highest BCUT2D eigenvalue weighted by atomic mass is 32.2. The number of thioether (sulfide) groups is 1. The molecule has 2 heterocycles. The molecule has 118 valence electrons. The molecule has 0 saturated carbocycles. The van der Waals surface area contributed by atoms with Crippen LogP contribution in [-0.2, 0) is 6.42 Å². The molecular formula is C16H14FN3OS2. The summed E-state index contributed by atoms with van der Waals surface area (Å²) in [6.07, 6.45) is 2.37. The molecule has 0 aliphatic heterocycles. The largest absolute Gasteiger partial charge is 0.292 e. The molecule has 0 spiro atoms. The van der Waals surface area contributed by atoms with Gasteiger partial charge in [-0.2, -0.15) is 0 Å². The number of halogens is 1. The zero-order chi connectivity index (χ0) is 16.2.